The second-order valence-electron chi connectivity index (χ2n) is 8.30. The summed E-state index contributed by atoms with van der Waals surface area (Å²) < 4.78 is 42.0. The minimum atomic E-state index is -4.50. The molecule has 0 aliphatic rings. The van der Waals surface area contributed by atoms with Crippen molar-refractivity contribution in [1.29, 1.82) is 0 Å². The first-order chi connectivity index (χ1) is 15.7. The Morgan fingerprint density at radius 3 is 2.00 bits per heavy atom. The molecule has 0 fully saturated rings. The van der Waals surface area contributed by atoms with Crippen molar-refractivity contribution < 1.29 is 57.5 Å². The molecule has 0 aliphatic heterocycles. The Bertz CT molecular complexity index is 958. The summed E-state index contributed by atoms with van der Waals surface area (Å²) in [6.07, 6.45) is 7.13. The number of rotatable bonds is 14. The molecule has 0 saturated heterocycles. The topological polar surface area (TPSA) is 107 Å². The van der Waals surface area contributed by atoms with Gasteiger partial charge >= 0.3 is 29.6 Å². The average Bonchev–Trinajstić information content (AvgIpc) is 2.78. The van der Waals surface area contributed by atoms with E-state index in [2.05, 4.69) is 6.92 Å². The van der Waals surface area contributed by atoms with Gasteiger partial charge in [-0.05, 0) is 67.0 Å². The van der Waals surface area contributed by atoms with Crippen LogP contribution < -0.4 is 29.6 Å². The van der Waals surface area contributed by atoms with Crippen LogP contribution in [0.15, 0.2) is 60.7 Å². The molecule has 0 radical (unpaired) electrons. The van der Waals surface area contributed by atoms with Crippen molar-refractivity contribution >= 4 is 10.1 Å². The minimum Gasteiger partial charge on any atom is -0.748 e. The van der Waals surface area contributed by atoms with Gasteiger partial charge < -0.3 is 19.5 Å². The van der Waals surface area contributed by atoms with Crippen molar-refractivity contribution in [3.8, 4) is 11.5 Å². The molecule has 2 aromatic rings. The van der Waals surface area contributed by atoms with E-state index in [0.29, 0.717) is 13.0 Å². The maximum Gasteiger partial charge on any atom is 1.00 e. The van der Waals surface area contributed by atoms with Crippen LogP contribution in [-0.2, 0) is 14.9 Å². The van der Waals surface area contributed by atoms with Gasteiger partial charge in [-0.15, -0.1) is 0 Å². The number of hydrogen-bond acceptors (Lipinski definition) is 6. The number of hydrogen-bond donors (Lipinski definition) is 2. The van der Waals surface area contributed by atoms with Crippen LogP contribution in [0.2, 0.25) is 0 Å². The number of benzene rings is 2. The molecule has 2 aromatic carbocycles. The molecular weight excluding hydrogens is 463 g/mol. The van der Waals surface area contributed by atoms with Crippen molar-refractivity contribution in [3.63, 3.8) is 0 Å². The van der Waals surface area contributed by atoms with Crippen LogP contribution in [0.5, 0.6) is 11.5 Å². The molecule has 0 heterocycles. The van der Waals surface area contributed by atoms with Crippen molar-refractivity contribution in [1.82, 2.24) is 0 Å². The average molecular weight is 499 g/mol. The molecular formula is C26H35NaO6S. The third-order valence-corrected chi connectivity index (χ3v) is 6.99. The van der Waals surface area contributed by atoms with Crippen molar-refractivity contribution in [2.75, 3.05) is 6.61 Å². The number of phenolic OH excluding ortho intramolecular Hbond substituents is 2. The molecule has 2 N–H and O–H groups in total. The fraction of sp³-hybridized carbons (Fsp3) is 0.462. The van der Waals surface area contributed by atoms with E-state index >= 15 is 0 Å². The summed E-state index contributed by atoms with van der Waals surface area (Å²) in [4.78, 5) is 0. The third kappa shape index (κ3) is 10.5. The number of phenols is 2. The summed E-state index contributed by atoms with van der Waals surface area (Å²) in [6, 6.07) is 13.4. The Labute approximate surface area is 226 Å². The Kier molecular flexibility index (Phi) is 14.1. The van der Waals surface area contributed by atoms with E-state index in [1.807, 2.05) is 6.92 Å². The largest absolute Gasteiger partial charge is 1.00 e. The smallest absolute Gasteiger partial charge is 0.748 e. The van der Waals surface area contributed by atoms with E-state index in [0.717, 1.165) is 30.4 Å². The van der Waals surface area contributed by atoms with Gasteiger partial charge in [-0.2, -0.15) is 0 Å². The molecule has 8 heteroatoms. The number of unbranched alkanes of at least 4 members (excludes halogenated alkanes) is 2. The molecule has 0 aromatic heterocycles. The quantitative estimate of drug-likeness (QED) is 0.180. The van der Waals surface area contributed by atoms with Crippen LogP contribution in [0, 0.1) is 0 Å². The van der Waals surface area contributed by atoms with E-state index in [1.54, 1.807) is 60.7 Å². The summed E-state index contributed by atoms with van der Waals surface area (Å²) >= 11 is 0. The fourth-order valence-electron chi connectivity index (χ4n) is 3.78. The molecule has 3 atom stereocenters. The Balaban J connectivity index is 0.00000578. The predicted molar refractivity (Wildman–Crippen MR) is 129 cm³/mol. The van der Waals surface area contributed by atoms with Gasteiger partial charge in [-0.3, -0.25) is 0 Å². The van der Waals surface area contributed by atoms with Crippen LogP contribution in [0.3, 0.4) is 0 Å². The predicted octanol–water partition coefficient (Wildman–Crippen LogP) is 2.79. The fourth-order valence-corrected chi connectivity index (χ4v) is 4.59. The van der Waals surface area contributed by atoms with Gasteiger partial charge in [0.05, 0.1) is 15.4 Å². The van der Waals surface area contributed by atoms with Gasteiger partial charge in [0.1, 0.15) is 17.6 Å². The second kappa shape index (κ2) is 15.6. The Morgan fingerprint density at radius 2 is 1.50 bits per heavy atom. The Morgan fingerprint density at radius 1 is 0.941 bits per heavy atom. The van der Waals surface area contributed by atoms with Crippen LogP contribution >= 0.6 is 0 Å². The van der Waals surface area contributed by atoms with Crippen LogP contribution in [-0.4, -0.2) is 35.0 Å². The first kappa shape index (κ1) is 30.7. The monoisotopic (exact) mass is 498 g/mol. The summed E-state index contributed by atoms with van der Waals surface area (Å²) in [6.45, 7) is 4.63. The van der Waals surface area contributed by atoms with Crippen LogP contribution in [0.1, 0.15) is 75.5 Å². The zero-order valence-corrected chi connectivity index (χ0v) is 23.2. The molecule has 0 aliphatic carbocycles. The van der Waals surface area contributed by atoms with E-state index in [4.69, 9.17) is 4.74 Å². The molecule has 34 heavy (non-hydrogen) atoms. The SMILES string of the molecule is CCCCCOC(C=CCC(CC(CC)c1ccc(O)cc1)S(=O)(=O)[O-])c1ccc(O)cc1.[Na+]. The minimum absolute atomic E-state index is 0. The molecule has 2 rings (SSSR count). The molecule has 0 bridgehead atoms. The molecule has 0 amide bonds. The molecule has 0 saturated carbocycles. The normalized spacial score (nSPS) is 14.4. The number of allylic oxidation sites excluding steroid dienone is 1. The van der Waals surface area contributed by atoms with Gasteiger partial charge in [0.25, 0.3) is 0 Å². The molecule has 0 spiro atoms. The zero-order chi connectivity index (χ0) is 24.3. The van der Waals surface area contributed by atoms with Crippen LogP contribution in [0.25, 0.3) is 0 Å². The van der Waals surface area contributed by atoms with Crippen molar-refractivity contribution in [3.05, 3.63) is 71.8 Å². The first-order valence-corrected chi connectivity index (χ1v) is 13.0. The third-order valence-electron chi connectivity index (χ3n) is 5.79. The summed E-state index contributed by atoms with van der Waals surface area (Å²) in [5.41, 5.74) is 1.74. The van der Waals surface area contributed by atoms with E-state index < -0.39 is 21.5 Å². The maximum absolute atomic E-state index is 12.0. The van der Waals surface area contributed by atoms with E-state index in [9.17, 15) is 23.2 Å². The molecule has 182 valence electrons. The standard InChI is InChI=1S/C26H36O6S.Na/c1-3-5-6-18-32-26(22-12-16-24(28)17-13-22)9-7-8-25(33(29,30)31)19-20(4-2)21-10-14-23(27)15-11-21;/h7,9-17,20,25-28H,3-6,8,18-19H2,1-2H3,(H,29,30,31);/q;+1/p-1. The summed E-state index contributed by atoms with van der Waals surface area (Å²) in [7, 11) is -4.50. The van der Waals surface area contributed by atoms with Gasteiger partial charge in [0.2, 0.25) is 0 Å². The summed E-state index contributed by atoms with van der Waals surface area (Å²) in [5, 5.41) is 18.0. The molecule has 6 nitrogen and oxygen atoms in total. The Hall–Kier alpha value is -1.35. The molecule has 3 unspecified atom stereocenters. The first-order valence-electron chi connectivity index (χ1n) is 11.5. The van der Waals surface area contributed by atoms with Gasteiger partial charge in [0, 0.05) is 6.61 Å². The van der Waals surface area contributed by atoms with Crippen molar-refractivity contribution in [2.24, 2.45) is 0 Å². The zero-order valence-electron chi connectivity index (χ0n) is 20.4. The second-order valence-corrected chi connectivity index (χ2v) is 9.95. The summed E-state index contributed by atoms with van der Waals surface area (Å²) in [5.74, 6) is 0.194. The van der Waals surface area contributed by atoms with Gasteiger partial charge in [-0.25, -0.2) is 8.42 Å². The van der Waals surface area contributed by atoms with E-state index in [-0.39, 0.29) is 59.8 Å². The van der Waals surface area contributed by atoms with Crippen LogP contribution in [0.4, 0.5) is 0 Å². The number of ether oxygens (including phenoxy) is 1. The van der Waals surface area contributed by atoms with Gasteiger partial charge in [-0.1, -0.05) is 63.1 Å². The van der Waals surface area contributed by atoms with Crippen molar-refractivity contribution in [2.45, 2.75) is 69.6 Å². The van der Waals surface area contributed by atoms with Gasteiger partial charge in [0.15, 0.2) is 0 Å². The van der Waals surface area contributed by atoms with E-state index in [1.165, 1.54) is 0 Å². The maximum atomic E-state index is 12.0. The number of aromatic hydroxyl groups is 2.